The molecule has 0 spiro atoms. The van der Waals surface area contributed by atoms with Gasteiger partial charge in [-0.25, -0.2) is 0 Å². The minimum absolute atomic E-state index is 0.123. The third-order valence-corrected chi connectivity index (χ3v) is 4.92. The number of rotatable bonds is 3. The first-order valence-corrected chi connectivity index (χ1v) is 8.12. The molecular formula is C16H31NO. The molecule has 1 aliphatic heterocycles. The van der Waals surface area contributed by atoms with Crippen molar-refractivity contribution in [3.63, 3.8) is 0 Å². The van der Waals surface area contributed by atoms with Gasteiger partial charge in [-0.05, 0) is 39.0 Å². The zero-order chi connectivity index (χ0) is 12.8. The van der Waals surface area contributed by atoms with Crippen LogP contribution in [0.15, 0.2) is 0 Å². The molecule has 2 heteroatoms. The zero-order valence-corrected chi connectivity index (χ0v) is 12.3. The predicted molar refractivity (Wildman–Crippen MR) is 76.9 cm³/mol. The van der Waals surface area contributed by atoms with Crippen molar-refractivity contribution in [3.8, 4) is 0 Å². The first kappa shape index (κ1) is 14.3. The molecule has 0 aromatic heterocycles. The maximum Gasteiger partial charge on any atom is 0.0666 e. The van der Waals surface area contributed by atoms with Gasteiger partial charge in [0.2, 0.25) is 0 Å². The van der Waals surface area contributed by atoms with Crippen molar-refractivity contribution in [1.82, 2.24) is 5.32 Å². The number of hydrogen-bond donors (Lipinski definition) is 1. The molecular weight excluding hydrogens is 222 g/mol. The molecule has 1 saturated carbocycles. The number of hydrogen-bond acceptors (Lipinski definition) is 2. The van der Waals surface area contributed by atoms with E-state index in [9.17, 15) is 0 Å². The van der Waals surface area contributed by atoms with E-state index >= 15 is 0 Å². The maximum atomic E-state index is 5.94. The largest absolute Gasteiger partial charge is 0.375 e. The van der Waals surface area contributed by atoms with E-state index in [2.05, 4.69) is 19.2 Å². The molecule has 18 heavy (non-hydrogen) atoms. The summed E-state index contributed by atoms with van der Waals surface area (Å²) < 4.78 is 5.94. The van der Waals surface area contributed by atoms with Crippen LogP contribution in [-0.4, -0.2) is 24.3 Å². The highest BCUT2D eigenvalue weighted by Crippen LogP contribution is 2.28. The smallest absolute Gasteiger partial charge is 0.0666 e. The first-order valence-electron chi connectivity index (χ1n) is 8.12. The van der Waals surface area contributed by atoms with Crippen LogP contribution in [0.4, 0.5) is 0 Å². The molecule has 1 N–H and O–H groups in total. The van der Waals surface area contributed by atoms with Crippen molar-refractivity contribution >= 4 is 0 Å². The van der Waals surface area contributed by atoms with E-state index in [0.717, 1.165) is 19.1 Å². The SMILES string of the molecule is CCC1(C)CC(NC2CCCCCCC2)CCO1. The fourth-order valence-electron chi connectivity index (χ4n) is 3.47. The van der Waals surface area contributed by atoms with Gasteiger partial charge in [0, 0.05) is 18.7 Å². The molecule has 0 aromatic rings. The zero-order valence-electron chi connectivity index (χ0n) is 12.3. The molecule has 2 rings (SSSR count). The Morgan fingerprint density at radius 2 is 1.67 bits per heavy atom. The van der Waals surface area contributed by atoms with Gasteiger partial charge >= 0.3 is 0 Å². The second-order valence-corrected chi connectivity index (χ2v) is 6.55. The fourth-order valence-corrected chi connectivity index (χ4v) is 3.47. The average molecular weight is 253 g/mol. The molecule has 0 radical (unpaired) electrons. The van der Waals surface area contributed by atoms with Crippen molar-refractivity contribution in [3.05, 3.63) is 0 Å². The third kappa shape index (κ3) is 4.24. The number of nitrogens with one attached hydrogen (secondary N) is 1. The van der Waals surface area contributed by atoms with Gasteiger partial charge < -0.3 is 10.1 Å². The summed E-state index contributed by atoms with van der Waals surface area (Å²) in [5, 5.41) is 3.94. The third-order valence-electron chi connectivity index (χ3n) is 4.92. The van der Waals surface area contributed by atoms with Crippen LogP contribution >= 0.6 is 0 Å². The van der Waals surface area contributed by atoms with E-state index in [4.69, 9.17) is 4.74 Å². The van der Waals surface area contributed by atoms with Gasteiger partial charge in [0.1, 0.15) is 0 Å². The van der Waals surface area contributed by atoms with E-state index in [1.54, 1.807) is 0 Å². The van der Waals surface area contributed by atoms with Gasteiger partial charge in [0.15, 0.2) is 0 Å². The second kappa shape index (κ2) is 6.91. The molecule has 0 aromatic carbocycles. The van der Waals surface area contributed by atoms with Crippen LogP contribution in [0.1, 0.15) is 78.1 Å². The lowest BCUT2D eigenvalue weighted by Gasteiger charge is -2.39. The van der Waals surface area contributed by atoms with Crippen LogP contribution in [0.2, 0.25) is 0 Å². The van der Waals surface area contributed by atoms with E-state index in [1.807, 2.05) is 0 Å². The molecule has 2 atom stereocenters. The molecule has 0 bridgehead atoms. The van der Waals surface area contributed by atoms with Crippen molar-refractivity contribution in [1.29, 1.82) is 0 Å². The van der Waals surface area contributed by atoms with Crippen molar-refractivity contribution in [2.45, 2.75) is 95.7 Å². The summed E-state index contributed by atoms with van der Waals surface area (Å²) in [6.45, 7) is 5.46. The van der Waals surface area contributed by atoms with Crippen molar-refractivity contribution in [2.75, 3.05) is 6.61 Å². The van der Waals surface area contributed by atoms with Crippen LogP contribution in [0.25, 0.3) is 0 Å². The summed E-state index contributed by atoms with van der Waals surface area (Å²) >= 11 is 0. The van der Waals surface area contributed by atoms with E-state index in [-0.39, 0.29) is 5.60 Å². The van der Waals surface area contributed by atoms with Crippen molar-refractivity contribution < 1.29 is 4.74 Å². The normalized spacial score (nSPS) is 36.0. The summed E-state index contributed by atoms with van der Waals surface area (Å²) in [5.41, 5.74) is 0.123. The minimum atomic E-state index is 0.123. The Balaban J connectivity index is 1.80. The Labute approximate surface area is 113 Å². The molecule has 0 amide bonds. The molecule has 2 fully saturated rings. The lowest BCUT2D eigenvalue weighted by Crippen LogP contribution is -2.48. The van der Waals surface area contributed by atoms with Crippen LogP contribution in [0, 0.1) is 0 Å². The van der Waals surface area contributed by atoms with Gasteiger partial charge in [-0.1, -0.05) is 39.0 Å². The summed E-state index contributed by atoms with van der Waals surface area (Å²) in [5.74, 6) is 0. The monoisotopic (exact) mass is 253 g/mol. The molecule has 2 aliphatic rings. The lowest BCUT2D eigenvalue weighted by atomic mass is 9.88. The van der Waals surface area contributed by atoms with Gasteiger partial charge in [0.05, 0.1) is 5.60 Å². The summed E-state index contributed by atoms with van der Waals surface area (Å²) in [4.78, 5) is 0. The summed E-state index contributed by atoms with van der Waals surface area (Å²) in [7, 11) is 0. The minimum Gasteiger partial charge on any atom is -0.375 e. The highest BCUT2D eigenvalue weighted by Gasteiger charge is 2.32. The Bertz CT molecular complexity index is 235. The molecule has 2 unspecified atom stereocenters. The second-order valence-electron chi connectivity index (χ2n) is 6.55. The van der Waals surface area contributed by atoms with Gasteiger partial charge in [0.25, 0.3) is 0 Å². The highest BCUT2D eigenvalue weighted by molar-refractivity contribution is 4.87. The van der Waals surface area contributed by atoms with Crippen molar-refractivity contribution in [2.24, 2.45) is 0 Å². The Morgan fingerprint density at radius 1 is 1.00 bits per heavy atom. The Morgan fingerprint density at radius 3 is 2.33 bits per heavy atom. The molecule has 1 saturated heterocycles. The molecule has 1 aliphatic carbocycles. The lowest BCUT2D eigenvalue weighted by molar-refractivity contribution is -0.0793. The fraction of sp³-hybridized carbons (Fsp3) is 1.00. The van der Waals surface area contributed by atoms with Crippen LogP contribution in [-0.2, 0) is 4.74 Å². The van der Waals surface area contributed by atoms with Gasteiger partial charge in [-0.3, -0.25) is 0 Å². The van der Waals surface area contributed by atoms with Crippen LogP contribution < -0.4 is 5.32 Å². The molecule has 106 valence electrons. The first-order chi connectivity index (χ1) is 8.72. The standard InChI is InChI=1S/C16H31NO/c1-3-16(2)13-15(11-12-18-16)17-14-9-7-5-4-6-8-10-14/h14-15,17H,3-13H2,1-2H3. The van der Waals surface area contributed by atoms with Crippen LogP contribution in [0.3, 0.4) is 0 Å². The number of ether oxygens (including phenoxy) is 1. The Kier molecular flexibility index (Phi) is 5.50. The average Bonchev–Trinajstić information content (AvgIpc) is 2.33. The Hall–Kier alpha value is -0.0800. The molecule has 1 heterocycles. The van der Waals surface area contributed by atoms with Gasteiger partial charge in [-0.2, -0.15) is 0 Å². The van der Waals surface area contributed by atoms with E-state index in [0.29, 0.717) is 6.04 Å². The predicted octanol–water partition coefficient (Wildman–Crippen LogP) is 4.04. The van der Waals surface area contributed by atoms with E-state index in [1.165, 1.54) is 57.8 Å². The van der Waals surface area contributed by atoms with E-state index < -0.39 is 0 Å². The van der Waals surface area contributed by atoms with Gasteiger partial charge in [-0.15, -0.1) is 0 Å². The summed E-state index contributed by atoms with van der Waals surface area (Å²) in [6.07, 6.45) is 13.5. The maximum absolute atomic E-state index is 5.94. The quantitative estimate of drug-likeness (QED) is 0.819. The molecule has 2 nitrogen and oxygen atoms in total. The van der Waals surface area contributed by atoms with Crippen LogP contribution in [0.5, 0.6) is 0 Å². The summed E-state index contributed by atoms with van der Waals surface area (Å²) in [6, 6.07) is 1.46. The topological polar surface area (TPSA) is 21.3 Å². The highest BCUT2D eigenvalue weighted by atomic mass is 16.5.